The molecular formula is C19H23ClN2O5S. The summed E-state index contributed by atoms with van der Waals surface area (Å²) in [4.78, 5) is 12.4. The van der Waals surface area contributed by atoms with Crippen LogP contribution in [0, 0.1) is 0 Å². The quantitative estimate of drug-likeness (QED) is 0.697. The van der Waals surface area contributed by atoms with Gasteiger partial charge in [0.15, 0.2) is 0 Å². The summed E-state index contributed by atoms with van der Waals surface area (Å²) in [7, 11) is -2.19. The zero-order valence-electron chi connectivity index (χ0n) is 16.1. The highest BCUT2D eigenvalue weighted by molar-refractivity contribution is 7.92. The van der Waals surface area contributed by atoms with Crippen LogP contribution in [0.1, 0.15) is 13.8 Å². The molecule has 0 saturated heterocycles. The second kappa shape index (κ2) is 9.16. The molecule has 7 nitrogen and oxygen atoms in total. The Bertz CT molecular complexity index is 930. The molecule has 2 aromatic carbocycles. The van der Waals surface area contributed by atoms with Crippen LogP contribution in [0.4, 0.5) is 11.4 Å². The lowest BCUT2D eigenvalue weighted by atomic mass is 10.3. The first kappa shape index (κ1) is 21.8. The predicted octanol–water partition coefficient (Wildman–Crippen LogP) is 3.54. The van der Waals surface area contributed by atoms with Crippen LogP contribution >= 0.6 is 11.6 Å². The Labute approximate surface area is 170 Å². The van der Waals surface area contributed by atoms with E-state index in [4.69, 9.17) is 21.1 Å². The van der Waals surface area contributed by atoms with Crippen molar-refractivity contribution in [1.29, 1.82) is 0 Å². The number of halogens is 1. The molecule has 0 fully saturated rings. The molecule has 9 heteroatoms. The molecule has 0 aliphatic rings. The number of carbonyl (C=O) groups excluding carboxylic acids is 1. The van der Waals surface area contributed by atoms with Crippen molar-refractivity contribution < 1.29 is 22.7 Å². The molecule has 152 valence electrons. The molecule has 0 atom stereocenters. The molecule has 0 aliphatic heterocycles. The standard InChI is InChI=1S/C19H23ClN2O5S/c1-13(2)27-16-8-6-15(7-9-16)22(28(4,24)25)12-19(23)21-14-5-10-18(26-3)17(20)11-14/h5-11,13H,12H2,1-4H3,(H,21,23). The van der Waals surface area contributed by atoms with Crippen molar-refractivity contribution in [3.8, 4) is 11.5 Å². The Kier molecular flexibility index (Phi) is 7.15. The summed E-state index contributed by atoms with van der Waals surface area (Å²) in [6, 6.07) is 11.3. The first-order chi connectivity index (χ1) is 13.1. The van der Waals surface area contributed by atoms with Crippen molar-refractivity contribution in [2.75, 3.05) is 29.5 Å². The van der Waals surface area contributed by atoms with Gasteiger partial charge in [-0.1, -0.05) is 11.6 Å². The van der Waals surface area contributed by atoms with Crippen molar-refractivity contribution in [1.82, 2.24) is 0 Å². The third kappa shape index (κ3) is 6.03. The minimum absolute atomic E-state index is 0.000964. The van der Waals surface area contributed by atoms with E-state index >= 15 is 0 Å². The van der Waals surface area contributed by atoms with Crippen molar-refractivity contribution in [2.24, 2.45) is 0 Å². The maximum absolute atomic E-state index is 12.4. The van der Waals surface area contributed by atoms with Gasteiger partial charge >= 0.3 is 0 Å². The summed E-state index contributed by atoms with van der Waals surface area (Å²) in [5, 5.41) is 2.97. The number of carbonyl (C=O) groups is 1. The van der Waals surface area contributed by atoms with E-state index in [-0.39, 0.29) is 12.6 Å². The zero-order chi connectivity index (χ0) is 20.9. The third-order valence-electron chi connectivity index (χ3n) is 3.62. The molecule has 0 heterocycles. The van der Waals surface area contributed by atoms with E-state index in [1.165, 1.54) is 13.2 Å². The van der Waals surface area contributed by atoms with E-state index in [0.717, 1.165) is 10.6 Å². The Balaban J connectivity index is 2.16. The fourth-order valence-corrected chi connectivity index (χ4v) is 3.55. The lowest BCUT2D eigenvalue weighted by Crippen LogP contribution is -2.37. The lowest BCUT2D eigenvalue weighted by molar-refractivity contribution is -0.114. The number of hydrogen-bond donors (Lipinski definition) is 1. The van der Waals surface area contributed by atoms with Crippen LogP contribution < -0.4 is 19.1 Å². The number of amides is 1. The van der Waals surface area contributed by atoms with E-state index in [1.807, 2.05) is 13.8 Å². The fraction of sp³-hybridized carbons (Fsp3) is 0.316. The molecule has 2 rings (SSSR count). The second-order valence-electron chi connectivity index (χ2n) is 6.33. The number of methoxy groups -OCH3 is 1. The molecule has 0 unspecified atom stereocenters. The molecule has 1 N–H and O–H groups in total. The van der Waals surface area contributed by atoms with Crippen molar-refractivity contribution in [3.05, 3.63) is 47.5 Å². The van der Waals surface area contributed by atoms with Crippen LogP contribution in [0.5, 0.6) is 11.5 Å². The van der Waals surface area contributed by atoms with Gasteiger partial charge in [0.1, 0.15) is 18.0 Å². The number of nitrogens with one attached hydrogen (secondary N) is 1. The van der Waals surface area contributed by atoms with Gasteiger partial charge in [-0.05, 0) is 56.3 Å². The summed E-state index contributed by atoms with van der Waals surface area (Å²) < 4.78 is 36.0. The molecule has 0 saturated carbocycles. The van der Waals surface area contributed by atoms with Gasteiger partial charge in [-0.15, -0.1) is 0 Å². The minimum Gasteiger partial charge on any atom is -0.495 e. The first-order valence-corrected chi connectivity index (χ1v) is 10.7. The normalized spacial score (nSPS) is 11.2. The molecule has 0 spiro atoms. The number of ether oxygens (including phenoxy) is 2. The smallest absolute Gasteiger partial charge is 0.245 e. The van der Waals surface area contributed by atoms with Crippen LogP contribution in [-0.4, -0.2) is 40.3 Å². The van der Waals surface area contributed by atoms with Crippen molar-refractivity contribution in [3.63, 3.8) is 0 Å². The molecule has 2 aromatic rings. The van der Waals surface area contributed by atoms with Gasteiger partial charge in [0.2, 0.25) is 15.9 Å². The Morgan fingerprint density at radius 3 is 2.32 bits per heavy atom. The third-order valence-corrected chi connectivity index (χ3v) is 5.06. The van der Waals surface area contributed by atoms with Gasteiger partial charge in [0.25, 0.3) is 0 Å². The SMILES string of the molecule is COc1ccc(NC(=O)CN(c2ccc(OC(C)C)cc2)S(C)(=O)=O)cc1Cl. The van der Waals surface area contributed by atoms with Crippen LogP contribution in [0.2, 0.25) is 5.02 Å². The Hall–Kier alpha value is -2.45. The monoisotopic (exact) mass is 426 g/mol. The van der Waals surface area contributed by atoms with Crippen molar-refractivity contribution >= 4 is 38.9 Å². The predicted molar refractivity (Wildman–Crippen MR) is 111 cm³/mol. The van der Waals surface area contributed by atoms with Crippen LogP contribution in [-0.2, 0) is 14.8 Å². The van der Waals surface area contributed by atoms with E-state index in [9.17, 15) is 13.2 Å². The molecular weight excluding hydrogens is 404 g/mol. The lowest BCUT2D eigenvalue weighted by Gasteiger charge is -2.22. The first-order valence-electron chi connectivity index (χ1n) is 8.48. The maximum Gasteiger partial charge on any atom is 0.245 e. The molecule has 0 radical (unpaired) electrons. The summed E-state index contributed by atoms with van der Waals surface area (Å²) in [5.74, 6) is 0.583. The number of hydrogen-bond acceptors (Lipinski definition) is 5. The van der Waals surface area contributed by atoms with Crippen LogP contribution in [0.3, 0.4) is 0 Å². The van der Waals surface area contributed by atoms with Gasteiger partial charge in [-0.2, -0.15) is 0 Å². The largest absolute Gasteiger partial charge is 0.495 e. The highest BCUT2D eigenvalue weighted by Gasteiger charge is 2.21. The van der Waals surface area contributed by atoms with E-state index < -0.39 is 15.9 Å². The Morgan fingerprint density at radius 1 is 1.18 bits per heavy atom. The zero-order valence-corrected chi connectivity index (χ0v) is 17.7. The Morgan fingerprint density at radius 2 is 1.82 bits per heavy atom. The number of rotatable bonds is 8. The molecule has 0 aliphatic carbocycles. The summed E-state index contributed by atoms with van der Waals surface area (Å²) >= 11 is 6.04. The summed E-state index contributed by atoms with van der Waals surface area (Å²) in [5.41, 5.74) is 0.798. The van der Waals surface area contributed by atoms with E-state index in [0.29, 0.717) is 27.9 Å². The molecule has 1 amide bonds. The maximum atomic E-state index is 12.4. The number of sulfonamides is 1. The van der Waals surface area contributed by atoms with Crippen molar-refractivity contribution in [2.45, 2.75) is 20.0 Å². The minimum atomic E-state index is -3.67. The highest BCUT2D eigenvalue weighted by Crippen LogP contribution is 2.27. The van der Waals surface area contributed by atoms with Gasteiger partial charge in [0, 0.05) is 5.69 Å². The van der Waals surface area contributed by atoms with E-state index in [1.54, 1.807) is 36.4 Å². The van der Waals surface area contributed by atoms with Gasteiger partial charge in [-0.25, -0.2) is 8.42 Å². The average molecular weight is 427 g/mol. The molecule has 28 heavy (non-hydrogen) atoms. The average Bonchev–Trinajstić information content (AvgIpc) is 2.59. The second-order valence-corrected chi connectivity index (χ2v) is 8.64. The molecule has 0 aromatic heterocycles. The highest BCUT2D eigenvalue weighted by atomic mass is 35.5. The van der Waals surface area contributed by atoms with Gasteiger partial charge < -0.3 is 14.8 Å². The number of anilines is 2. The fourth-order valence-electron chi connectivity index (χ4n) is 2.44. The van der Waals surface area contributed by atoms with Gasteiger partial charge in [-0.3, -0.25) is 9.10 Å². The topological polar surface area (TPSA) is 84.9 Å². The van der Waals surface area contributed by atoms with Gasteiger partial charge in [0.05, 0.1) is 30.2 Å². The van der Waals surface area contributed by atoms with Crippen LogP contribution in [0.15, 0.2) is 42.5 Å². The van der Waals surface area contributed by atoms with Crippen LogP contribution in [0.25, 0.3) is 0 Å². The number of nitrogens with zero attached hydrogens (tertiary/aromatic N) is 1. The molecule has 0 bridgehead atoms. The van der Waals surface area contributed by atoms with E-state index in [2.05, 4.69) is 5.32 Å². The summed E-state index contributed by atoms with van der Waals surface area (Å²) in [6.07, 6.45) is 1.04. The summed E-state index contributed by atoms with van der Waals surface area (Å²) in [6.45, 7) is 3.41. The number of benzene rings is 2.